The Kier molecular flexibility index (Phi) is 3.74. The minimum Gasteiger partial charge on any atom is -0.316 e. The van der Waals surface area contributed by atoms with Crippen molar-refractivity contribution in [2.45, 2.75) is 51.5 Å². The average Bonchev–Trinajstić information content (AvgIpc) is 2.87. The van der Waals surface area contributed by atoms with Crippen LogP contribution in [0.2, 0.25) is 0 Å². The molecule has 4 heteroatoms. The Labute approximate surface area is 120 Å². The molecule has 1 aliphatic rings. The molecule has 3 rings (SSSR count). The van der Waals surface area contributed by atoms with E-state index < -0.39 is 0 Å². The number of rotatable bonds is 4. The van der Waals surface area contributed by atoms with Crippen molar-refractivity contribution in [2.24, 2.45) is 0 Å². The second-order valence-electron chi connectivity index (χ2n) is 5.84. The van der Waals surface area contributed by atoms with E-state index in [1.807, 2.05) is 12.3 Å². The largest absolute Gasteiger partial charge is 0.316 e. The average molecular weight is 272 g/mol. The molecule has 0 aliphatic carbocycles. The molecule has 0 bridgehead atoms. The highest BCUT2D eigenvalue weighted by atomic mass is 15.1. The quantitative estimate of drug-likeness (QED) is 0.930. The zero-order valence-corrected chi connectivity index (χ0v) is 12.5. The van der Waals surface area contributed by atoms with Crippen molar-refractivity contribution in [1.82, 2.24) is 19.9 Å². The van der Waals surface area contributed by atoms with Gasteiger partial charge in [0.2, 0.25) is 0 Å². The van der Waals surface area contributed by atoms with Gasteiger partial charge in [-0.1, -0.05) is 13.3 Å². The smallest absolute Gasteiger partial charge is 0.159 e. The topological polar surface area (TPSA) is 42.7 Å². The predicted molar refractivity (Wildman–Crippen MR) is 81.9 cm³/mol. The summed E-state index contributed by atoms with van der Waals surface area (Å²) in [6, 6.07) is 4.05. The summed E-state index contributed by atoms with van der Waals surface area (Å²) in [5.41, 5.74) is 2.25. The van der Waals surface area contributed by atoms with Gasteiger partial charge in [0.25, 0.3) is 0 Å². The van der Waals surface area contributed by atoms with Crippen LogP contribution in [-0.2, 0) is 12.0 Å². The van der Waals surface area contributed by atoms with E-state index in [4.69, 9.17) is 4.98 Å². The molecule has 1 atom stereocenters. The van der Waals surface area contributed by atoms with Gasteiger partial charge in [0, 0.05) is 24.7 Å². The van der Waals surface area contributed by atoms with Crippen molar-refractivity contribution in [3.8, 4) is 0 Å². The van der Waals surface area contributed by atoms with Gasteiger partial charge in [-0.15, -0.1) is 0 Å². The Morgan fingerprint density at radius 3 is 3.00 bits per heavy atom. The molecule has 0 aromatic carbocycles. The molecule has 2 aromatic rings. The van der Waals surface area contributed by atoms with E-state index in [0.29, 0.717) is 0 Å². The summed E-state index contributed by atoms with van der Waals surface area (Å²) in [5, 5.41) is 3.58. The second-order valence-corrected chi connectivity index (χ2v) is 5.84. The Morgan fingerprint density at radius 1 is 1.40 bits per heavy atom. The van der Waals surface area contributed by atoms with E-state index in [9.17, 15) is 0 Å². The van der Waals surface area contributed by atoms with Crippen molar-refractivity contribution in [1.29, 1.82) is 0 Å². The van der Waals surface area contributed by atoms with Crippen LogP contribution in [0.15, 0.2) is 18.3 Å². The first-order chi connectivity index (χ1) is 9.80. The molecule has 1 fully saturated rings. The van der Waals surface area contributed by atoms with Gasteiger partial charge in [-0.2, -0.15) is 0 Å². The monoisotopic (exact) mass is 272 g/mol. The van der Waals surface area contributed by atoms with Crippen LogP contribution in [0.25, 0.3) is 11.2 Å². The zero-order chi connectivity index (χ0) is 14.0. The first kappa shape index (κ1) is 13.6. The molecule has 1 saturated heterocycles. The number of fused-ring (bicyclic) bond motifs is 1. The van der Waals surface area contributed by atoms with E-state index in [-0.39, 0.29) is 5.41 Å². The lowest BCUT2D eigenvalue weighted by molar-refractivity contribution is 0.269. The number of nitrogens with zero attached hydrogens (tertiary/aromatic N) is 3. The fraction of sp³-hybridized carbons (Fsp3) is 0.625. The van der Waals surface area contributed by atoms with Crippen molar-refractivity contribution in [3.63, 3.8) is 0 Å². The van der Waals surface area contributed by atoms with Crippen LogP contribution < -0.4 is 5.32 Å². The van der Waals surface area contributed by atoms with Gasteiger partial charge in [0.1, 0.15) is 11.3 Å². The highest BCUT2D eigenvalue weighted by Crippen LogP contribution is 2.36. The molecule has 0 amide bonds. The van der Waals surface area contributed by atoms with Crippen LogP contribution in [0.5, 0.6) is 0 Å². The summed E-state index contributed by atoms with van der Waals surface area (Å²) in [6.07, 6.45) is 6.73. The third-order valence-corrected chi connectivity index (χ3v) is 4.50. The number of piperidine rings is 1. The molecule has 0 radical (unpaired) electrons. The van der Waals surface area contributed by atoms with Gasteiger partial charge in [0.05, 0.1) is 0 Å². The van der Waals surface area contributed by atoms with E-state index in [2.05, 4.69) is 34.8 Å². The SMILES string of the molecule is CCCC1(c2nc3cccnc3n2CC)CCCNC1. The van der Waals surface area contributed by atoms with Crippen LogP contribution >= 0.6 is 0 Å². The number of pyridine rings is 1. The fourth-order valence-electron chi connectivity index (χ4n) is 3.63. The van der Waals surface area contributed by atoms with Crippen LogP contribution in [0, 0.1) is 0 Å². The molecule has 2 aromatic heterocycles. The molecule has 20 heavy (non-hydrogen) atoms. The Hall–Kier alpha value is -1.42. The summed E-state index contributed by atoms with van der Waals surface area (Å²) in [6.45, 7) is 7.58. The first-order valence-corrected chi connectivity index (χ1v) is 7.83. The summed E-state index contributed by atoms with van der Waals surface area (Å²) < 4.78 is 2.32. The molecular weight excluding hydrogens is 248 g/mol. The number of nitrogens with one attached hydrogen (secondary N) is 1. The van der Waals surface area contributed by atoms with Gasteiger partial charge in [0.15, 0.2) is 5.65 Å². The highest BCUT2D eigenvalue weighted by molar-refractivity contribution is 5.71. The zero-order valence-electron chi connectivity index (χ0n) is 12.5. The van der Waals surface area contributed by atoms with Crippen molar-refractivity contribution < 1.29 is 0 Å². The van der Waals surface area contributed by atoms with E-state index in [1.165, 1.54) is 31.5 Å². The molecule has 3 heterocycles. The Balaban J connectivity index is 2.14. The number of hydrogen-bond acceptors (Lipinski definition) is 3. The van der Waals surface area contributed by atoms with Gasteiger partial charge in [-0.3, -0.25) is 0 Å². The molecule has 1 aliphatic heterocycles. The molecule has 108 valence electrons. The maximum Gasteiger partial charge on any atom is 0.159 e. The van der Waals surface area contributed by atoms with Crippen LogP contribution in [0.3, 0.4) is 0 Å². The Morgan fingerprint density at radius 2 is 2.30 bits per heavy atom. The number of aromatic nitrogens is 3. The van der Waals surface area contributed by atoms with Crippen LogP contribution in [0.4, 0.5) is 0 Å². The van der Waals surface area contributed by atoms with E-state index >= 15 is 0 Å². The maximum atomic E-state index is 4.96. The summed E-state index contributed by atoms with van der Waals surface area (Å²) in [5.74, 6) is 1.24. The minimum atomic E-state index is 0.184. The van der Waals surface area contributed by atoms with Crippen molar-refractivity contribution in [3.05, 3.63) is 24.2 Å². The van der Waals surface area contributed by atoms with Crippen molar-refractivity contribution >= 4 is 11.2 Å². The molecular formula is C16H24N4. The third kappa shape index (κ3) is 2.12. The minimum absolute atomic E-state index is 0.184. The molecule has 1 unspecified atom stereocenters. The number of aryl methyl sites for hydroxylation is 1. The summed E-state index contributed by atoms with van der Waals surface area (Å²) >= 11 is 0. The maximum absolute atomic E-state index is 4.96. The van der Waals surface area contributed by atoms with E-state index in [0.717, 1.165) is 30.8 Å². The highest BCUT2D eigenvalue weighted by Gasteiger charge is 2.37. The second kappa shape index (κ2) is 5.52. The van der Waals surface area contributed by atoms with Gasteiger partial charge >= 0.3 is 0 Å². The predicted octanol–water partition coefficient (Wildman–Crippen LogP) is 2.87. The number of hydrogen-bond donors (Lipinski definition) is 1. The van der Waals surface area contributed by atoms with Gasteiger partial charge in [-0.25, -0.2) is 9.97 Å². The van der Waals surface area contributed by atoms with Crippen molar-refractivity contribution in [2.75, 3.05) is 13.1 Å². The third-order valence-electron chi connectivity index (χ3n) is 4.50. The molecule has 0 saturated carbocycles. The summed E-state index contributed by atoms with van der Waals surface area (Å²) in [7, 11) is 0. The Bertz CT molecular complexity index is 576. The number of imidazole rings is 1. The standard InChI is InChI=1S/C16H24N4/c1-3-8-16(9-6-10-17-12-16)15-19-13-7-5-11-18-14(13)20(15)4-2/h5,7,11,17H,3-4,6,8-10,12H2,1-2H3. The van der Waals surface area contributed by atoms with Crippen LogP contribution in [0.1, 0.15) is 45.4 Å². The lowest BCUT2D eigenvalue weighted by Gasteiger charge is -2.37. The first-order valence-electron chi connectivity index (χ1n) is 7.83. The molecule has 0 spiro atoms. The summed E-state index contributed by atoms with van der Waals surface area (Å²) in [4.78, 5) is 9.50. The van der Waals surface area contributed by atoms with Gasteiger partial charge in [-0.05, 0) is 44.9 Å². The van der Waals surface area contributed by atoms with E-state index in [1.54, 1.807) is 0 Å². The molecule has 4 nitrogen and oxygen atoms in total. The normalized spacial score (nSPS) is 23.3. The lowest BCUT2D eigenvalue weighted by atomic mass is 9.76. The van der Waals surface area contributed by atoms with Crippen LogP contribution in [-0.4, -0.2) is 27.6 Å². The van der Waals surface area contributed by atoms with Gasteiger partial charge < -0.3 is 9.88 Å². The lowest BCUT2D eigenvalue weighted by Crippen LogP contribution is -2.45. The molecule has 1 N–H and O–H groups in total. The fourth-order valence-corrected chi connectivity index (χ4v) is 3.63.